The first kappa shape index (κ1) is 10.4. The van der Waals surface area contributed by atoms with Gasteiger partial charge in [-0.15, -0.1) is 0 Å². The molecule has 1 unspecified atom stereocenters. The van der Waals surface area contributed by atoms with E-state index in [0.717, 1.165) is 0 Å². The minimum Gasteiger partial charge on any atom is -0.550 e. The number of aliphatic carboxylic acids is 1. The van der Waals surface area contributed by atoms with E-state index < -0.39 is 5.97 Å². The zero-order chi connectivity index (χ0) is 9.07. The van der Waals surface area contributed by atoms with Crippen LogP contribution in [0.15, 0.2) is 0 Å². The first-order valence-electron chi connectivity index (χ1n) is 3.88. The van der Waals surface area contributed by atoms with Crippen LogP contribution < -0.4 is 5.11 Å². The molecule has 0 radical (unpaired) electrons. The van der Waals surface area contributed by atoms with E-state index in [0.29, 0.717) is 17.4 Å². The van der Waals surface area contributed by atoms with E-state index in [1.165, 1.54) is 0 Å². The summed E-state index contributed by atoms with van der Waals surface area (Å²) in [5.74, 6) is -1.24. The van der Waals surface area contributed by atoms with Crippen molar-refractivity contribution in [3.8, 4) is 0 Å². The third-order valence-electron chi connectivity index (χ3n) is 1.59. The Hall–Kier alpha value is -0.570. The van der Waals surface area contributed by atoms with Crippen LogP contribution in [-0.2, 0) is 4.79 Å². The predicted octanol–water partition coefficient (Wildman–Crippen LogP) is -0.531. The molecule has 66 valence electrons. The fourth-order valence-electron chi connectivity index (χ4n) is 1.03. The van der Waals surface area contributed by atoms with Crippen molar-refractivity contribution in [3.05, 3.63) is 0 Å². The van der Waals surface area contributed by atoms with E-state index in [1.807, 2.05) is 28.1 Å². The molecule has 0 aromatic rings. The summed E-state index contributed by atoms with van der Waals surface area (Å²) in [6.07, 6.45) is 0.651. The quantitative estimate of drug-likeness (QED) is 0.517. The van der Waals surface area contributed by atoms with Crippen molar-refractivity contribution >= 4 is 5.97 Å². The van der Waals surface area contributed by atoms with E-state index in [9.17, 15) is 9.90 Å². The third-order valence-corrected chi connectivity index (χ3v) is 1.59. The molecular formula is C8H17NO2. The highest BCUT2D eigenvalue weighted by molar-refractivity contribution is 5.67. The van der Waals surface area contributed by atoms with Gasteiger partial charge < -0.3 is 14.4 Å². The molecule has 0 aliphatic heterocycles. The molecule has 0 fully saturated rings. The van der Waals surface area contributed by atoms with Crippen molar-refractivity contribution in [1.29, 1.82) is 0 Å². The molecule has 0 aliphatic carbocycles. The molecule has 3 heteroatoms. The van der Waals surface area contributed by atoms with E-state index in [2.05, 4.69) is 0 Å². The van der Waals surface area contributed by atoms with Gasteiger partial charge in [-0.1, -0.05) is 6.92 Å². The van der Waals surface area contributed by atoms with Gasteiger partial charge >= 0.3 is 0 Å². The number of hydrogen-bond acceptors (Lipinski definition) is 2. The minimum atomic E-state index is -0.930. The number of rotatable bonds is 4. The third kappa shape index (κ3) is 4.79. The van der Waals surface area contributed by atoms with E-state index >= 15 is 0 Å². The van der Waals surface area contributed by atoms with Crippen molar-refractivity contribution < 1.29 is 14.4 Å². The molecule has 11 heavy (non-hydrogen) atoms. The number of carboxylic acids is 1. The van der Waals surface area contributed by atoms with Gasteiger partial charge in [0.2, 0.25) is 0 Å². The molecule has 0 bridgehead atoms. The lowest BCUT2D eigenvalue weighted by molar-refractivity contribution is -0.873. The Labute approximate surface area is 68.2 Å². The maximum Gasteiger partial charge on any atom is 0.0861 e. The van der Waals surface area contributed by atoms with Gasteiger partial charge in [0.05, 0.1) is 33.7 Å². The first-order chi connectivity index (χ1) is 4.87. The topological polar surface area (TPSA) is 40.1 Å². The first-order valence-corrected chi connectivity index (χ1v) is 3.88. The van der Waals surface area contributed by atoms with Gasteiger partial charge in [-0.3, -0.25) is 0 Å². The summed E-state index contributed by atoms with van der Waals surface area (Å²) in [5.41, 5.74) is 0. The van der Waals surface area contributed by atoms with Crippen LogP contribution in [-0.4, -0.2) is 38.1 Å². The number of carbonyl (C=O) groups excluding carboxylic acids is 1. The average molecular weight is 159 g/mol. The largest absolute Gasteiger partial charge is 0.550 e. The van der Waals surface area contributed by atoms with Gasteiger partial charge in [-0.05, 0) is 6.42 Å². The molecular weight excluding hydrogens is 142 g/mol. The molecule has 0 rings (SSSR count). The Morgan fingerprint density at radius 1 is 1.45 bits per heavy atom. The lowest BCUT2D eigenvalue weighted by Crippen LogP contribution is -2.45. The highest BCUT2D eigenvalue weighted by Crippen LogP contribution is 2.05. The van der Waals surface area contributed by atoms with Crippen molar-refractivity contribution in [3.63, 3.8) is 0 Å². The van der Waals surface area contributed by atoms with E-state index in [-0.39, 0.29) is 5.92 Å². The summed E-state index contributed by atoms with van der Waals surface area (Å²) >= 11 is 0. The van der Waals surface area contributed by atoms with E-state index in [1.54, 1.807) is 0 Å². The van der Waals surface area contributed by atoms with Crippen LogP contribution in [0.5, 0.6) is 0 Å². The van der Waals surface area contributed by atoms with Crippen molar-refractivity contribution in [1.82, 2.24) is 0 Å². The number of hydrogen-bond donors (Lipinski definition) is 0. The van der Waals surface area contributed by atoms with Gasteiger partial charge in [0.15, 0.2) is 0 Å². The second-order valence-corrected chi connectivity index (χ2v) is 3.90. The normalized spacial score (nSPS) is 14.5. The van der Waals surface area contributed by atoms with Gasteiger partial charge in [0.25, 0.3) is 0 Å². The molecule has 0 saturated carbocycles. The summed E-state index contributed by atoms with van der Waals surface area (Å²) in [6.45, 7) is 2.51. The lowest BCUT2D eigenvalue weighted by atomic mass is 10.1. The lowest BCUT2D eigenvalue weighted by Gasteiger charge is -2.29. The molecule has 0 aromatic carbocycles. The minimum absolute atomic E-state index is 0.310. The Bertz CT molecular complexity index is 138. The van der Waals surface area contributed by atoms with Crippen LogP contribution in [0.2, 0.25) is 0 Å². The summed E-state index contributed by atoms with van der Waals surface area (Å²) in [6, 6.07) is 0. The fraction of sp³-hybridized carbons (Fsp3) is 0.875. The molecule has 0 N–H and O–H groups in total. The summed E-state index contributed by atoms with van der Waals surface area (Å²) in [4.78, 5) is 10.5. The summed E-state index contributed by atoms with van der Waals surface area (Å²) < 4.78 is 0.673. The Morgan fingerprint density at radius 2 is 1.91 bits per heavy atom. The Morgan fingerprint density at radius 3 is 2.00 bits per heavy atom. The average Bonchev–Trinajstić information content (AvgIpc) is 1.80. The highest BCUT2D eigenvalue weighted by atomic mass is 16.4. The zero-order valence-electron chi connectivity index (χ0n) is 7.76. The fourth-order valence-corrected chi connectivity index (χ4v) is 1.03. The number of nitrogens with zero attached hydrogens (tertiary/aromatic N) is 1. The second-order valence-electron chi connectivity index (χ2n) is 3.90. The number of carboxylic acid groups (broad SMARTS) is 1. The molecule has 1 atom stereocenters. The van der Waals surface area contributed by atoms with Crippen LogP contribution in [0.4, 0.5) is 0 Å². The number of carbonyl (C=O) groups is 1. The molecule has 0 saturated heterocycles. The number of quaternary nitrogens is 1. The maximum absolute atomic E-state index is 10.5. The molecule has 0 heterocycles. The molecule has 0 spiro atoms. The zero-order valence-corrected chi connectivity index (χ0v) is 7.76. The van der Waals surface area contributed by atoms with Crippen molar-refractivity contribution in [2.24, 2.45) is 5.92 Å². The van der Waals surface area contributed by atoms with Crippen LogP contribution in [0.25, 0.3) is 0 Å². The van der Waals surface area contributed by atoms with Gasteiger partial charge in [0.1, 0.15) is 0 Å². The van der Waals surface area contributed by atoms with Crippen LogP contribution in [0, 0.1) is 5.92 Å². The Balaban J connectivity index is 3.99. The maximum atomic E-state index is 10.5. The van der Waals surface area contributed by atoms with Gasteiger partial charge in [-0.25, -0.2) is 0 Å². The van der Waals surface area contributed by atoms with Gasteiger partial charge in [0, 0.05) is 5.92 Å². The van der Waals surface area contributed by atoms with E-state index in [4.69, 9.17) is 0 Å². The second kappa shape index (κ2) is 3.72. The predicted molar refractivity (Wildman–Crippen MR) is 41.7 cm³/mol. The summed E-state index contributed by atoms with van der Waals surface area (Å²) in [7, 11) is 5.93. The van der Waals surface area contributed by atoms with Gasteiger partial charge in [-0.2, -0.15) is 0 Å². The molecule has 0 aromatic heterocycles. The summed E-state index contributed by atoms with van der Waals surface area (Å²) in [5, 5.41) is 10.5. The van der Waals surface area contributed by atoms with Crippen LogP contribution in [0.3, 0.4) is 0 Å². The monoisotopic (exact) mass is 159 g/mol. The highest BCUT2D eigenvalue weighted by Gasteiger charge is 2.16. The smallest absolute Gasteiger partial charge is 0.0861 e. The standard InChI is InChI=1S/C8H17NO2/c1-5-7(8(10)11)6-9(2,3)4/h7H,5-6H2,1-4H3. The molecule has 0 amide bonds. The van der Waals surface area contributed by atoms with Crippen LogP contribution >= 0.6 is 0 Å². The molecule has 0 aliphatic rings. The van der Waals surface area contributed by atoms with Crippen molar-refractivity contribution in [2.75, 3.05) is 27.7 Å². The SMILES string of the molecule is CCC(C[N+](C)(C)C)C(=O)[O-]. The molecule has 3 nitrogen and oxygen atoms in total. The van der Waals surface area contributed by atoms with Crippen molar-refractivity contribution in [2.45, 2.75) is 13.3 Å². The Kier molecular flexibility index (Phi) is 3.52. The van der Waals surface area contributed by atoms with Crippen LogP contribution in [0.1, 0.15) is 13.3 Å².